The van der Waals surface area contributed by atoms with Gasteiger partial charge in [-0.15, -0.1) is 0 Å². The molecule has 110 valence electrons. The first-order valence-corrected chi connectivity index (χ1v) is 7.32. The third kappa shape index (κ3) is 3.44. The van der Waals surface area contributed by atoms with Crippen molar-refractivity contribution in [2.24, 2.45) is 5.41 Å². The number of hydrogen-bond donors (Lipinski definition) is 3. The molecule has 3 N–H and O–H groups in total. The van der Waals surface area contributed by atoms with E-state index in [0.29, 0.717) is 17.3 Å². The minimum atomic E-state index is -1.00. The van der Waals surface area contributed by atoms with Gasteiger partial charge < -0.3 is 15.5 Å². The van der Waals surface area contributed by atoms with E-state index in [-0.39, 0.29) is 17.6 Å². The number of anilines is 1. The van der Waals surface area contributed by atoms with E-state index in [1.165, 1.54) is 12.5 Å². The molecule has 1 fully saturated rings. The molecule has 0 amide bonds. The minimum absolute atomic E-state index is 0.131. The van der Waals surface area contributed by atoms with E-state index in [2.05, 4.69) is 5.32 Å². The van der Waals surface area contributed by atoms with E-state index in [4.69, 9.17) is 11.6 Å². The van der Waals surface area contributed by atoms with E-state index in [1.807, 2.05) is 0 Å². The van der Waals surface area contributed by atoms with Crippen molar-refractivity contribution >= 4 is 23.3 Å². The van der Waals surface area contributed by atoms with Crippen molar-refractivity contribution in [1.29, 1.82) is 0 Å². The fraction of sp³-hybridized carbons (Fsp3) is 0.533. The van der Waals surface area contributed by atoms with E-state index >= 15 is 0 Å². The van der Waals surface area contributed by atoms with Crippen molar-refractivity contribution in [1.82, 2.24) is 0 Å². The Morgan fingerprint density at radius 3 is 2.60 bits per heavy atom. The molecule has 0 bridgehead atoms. The number of halogens is 1. The molecule has 5 heteroatoms. The Balaban J connectivity index is 2.11. The van der Waals surface area contributed by atoms with Gasteiger partial charge in [0.15, 0.2) is 0 Å². The smallest absolute Gasteiger partial charge is 0.337 e. The van der Waals surface area contributed by atoms with Crippen LogP contribution in [-0.4, -0.2) is 29.3 Å². The summed E-state index contributed by atoms with van der Waals surface area (Å²) >= 11 is 5.83. The maximum absolute atomic E-state index is 11.2. The lowest BCUT2D eigenvalue weighted by Gasteiger charge is -2.36. The van der Waals surface area contributed by atoms with Gasteiger partial charge in [-0.3, -0.25) is 0 Å². The quantitative estimate of drug-likeness (QED) is 0.779. The summed E-state index contributed by atoms with van der Waals surface area (Å²) in [4.78, 5) is 11.2. The van der Waals surface area contributed by atoms with Crippen molar-refractivity contribution in [2.45, 2.75) is 32.1 Å². The van der Waals surface area contributed by atoms with Crippen molar-refractivity contribution in [3.63, 3.8) is 0 Å². The Bertz CT molecular complexity index is 484. The van der Waals surface area contributed by atoms with E-state index in [0.717, 1.165) is 25.7 Å². The molecule has 0 unspecified atom stereocenters. The van der Waals surface area contributed by atoms with Gasteiger partial charge in [-0.2, -0.15) is 0 Å². The Hall–Kier alpha value is -1.26. The van der Waals surface area contributed by atoms with Crippen molar-refractivity contribution in [3.8, 4) is 0 Å². The highest BCUT2D eigenvalue weighted by molar-refractivity contribution is 6.31. The number of aliphatic hydroxyl groups excluding tert-OH is 1. The first-order valence-electron chi connectivity index (χ1n) is 6.94. The molecule has 0 aromatic heterocycles. The first kappa shape index (κ1) is 15.1. The molecule has 1 aromatic rings. The number of aromatic carboxylic acids is 1. The van der Waals surface area contributed by atoms with Crippen molar-refractivity contribution < 1.29 is 15.0 Å². The molecule has 0 saturated heterocycles. The van der Waals surface area contributed by atoms with Gasteiger partial charge in [-0.05, 0) is 31.0 Å². The van der Waals surface area contributed by atoms with Gasteiger partial charge in [0.2, 0.25) is 0 Å². The molecule has 0 radical (unpaired) electrons. The van der Waals surface area contributed by atoms with E-state index in [1.54, 1.807) is 12.1 Å². The summed E-state index contributed by atoms with van der Waals surface area (Å²) in [7, 11) is 0. The summed E-state index contributed by atoms with van der Waals surface area (Å²) in [5, 5.41) is 22.5. The Morgan fingerprint density at radius 2 is 2.00 bits per heavy atom. The second kappa shape index (κ2) is 6.46. The molecule has 1 aliphatic carbocycles. The van der Waals surface area contributed by atoms with Crippen LogP contribution in [0, 0.1) is 5.41 Å². The molecule has 1 aliphatic rings. The van der Waals surface area contributed by atoms with Gasteiger partial charge in [-0.25, -0.2) is 4.79 Å². The van der Waals surface area contributed by atoms with Crippen LogP contribution in [0.4, 0.5) is 5.69 Å². The molecular formula is C15H20ClNO3. The molecule has 0 aliphatic heterocycles. The van der Waals surface area contributed by atoms with Gasteiger partial charge >= 0.3 is 5.97 Å². The summed E-state index contributed by atoms with van der Waals surface area (Å²) in [6, 6.07) is 4.79. The monoisotopic (exact) mass is 297 g/mol. The van der Waals surface area contributed by atoms with Crippen LogP contribution < -0.4 is 5.32 Å². The Labute approximate surface area is 123 Å². The average molecular weight is 298 g/mol. The summed E-state index contributed by atoms with van der Waals surface area (Å²) in [5.74, 6) is -1.00. The zero-order chi connectivity index (χ0) is 14.6. The van der Waals surface area contributed by atoms with Crippen molar-refractivity contribution in [2.75, 3.05) is 18.5 Å². The van der Waals surface area contributed by atoms with Gasteiger partial charge in [-0.1, -0.05) is 30.9 Å². The molecule has 20 heavy (non-hydrogen) atoms. The van der Waals surface area contributed by atoms with E-state index in [9.17, 15) is 15.0 Å². The number of carboxylic acid groups (broad SMARTS) is 1. The number of aliphatic hydroxyl groups is 1. The summed E-state index contributed by atoms with van der Waals surface area (Å²) in [6.07, 6.45) is 5.41. The number of carbonyl (C=O) groups is 1. The normalized spacial score (nSPS) is 17.7. The zero-order valence-corrected chi connectivity index (χ0v) is 12.1. The molecule has 4 nitrogen and oxygen atoms in total. The standard InChI is InChI=1S/C15H20ClNO3/c16-11-4-5-13(12(8-11)14(19)20)17-9-15(10-18)6-2-1-3-7-15/h4-5,8,17-18H,1-3,6-7,9-10H2,(H,19,20). The molecule has 0 spiro atoms. The summed E-state index contributed by atoms with van der Waals surface area (Å²) in [6.45, 7) is 0.724. The van der Waals surface area contributed by atoms with Crippen LogP contribution in [0.1, 0.15) is 42.5 Å². The molecule has 0 heterocycles. The molecule has 1 aromatic carbocycles. The number of rotatable bonds is 5. The number of benzene rings is 1. The lowest BCUT2D eigenvalue weighted by molar-refractivity contribution is 0.0697. The van der Waals surface area contributed by atoms with Gasteiger partial charge in [0.1, 0.15) is 0 Å². The number of carboxylic acids is 1. The maximum atomic E-state index is 11.2. The van der Waals surface area contributed by atoms with Gasteiger partial charge in [0.05, 0.1) is 12.2 Å². The van der Waals surface area contributed by atoms with Crippen LogP contribution in [0.3, 0.4) is 0 Å². The van der Waals surface area contributed by atoms with E-state index < -0.39 is 5.97 Å². The summed E-state index contributed by atoms with van der Waals surface area (Å²) < 4.78 is 0. The lowest BCUT2D eigenvalue weighted by atomic mass is 9.74. The van der Waals surface area contributed by atoms with Crippen LogP contribution in [0.15, 0.2) is 18.2 Å². The van der Waals surface area contributed by atoms with Crippen LogP contribution in [0.25, 0.3) is 0 Å². The van der Waals surface area contributed by atoms with Crippen LogP contribution in [0.2, 0.25) is 5.02 Å². The average Bonchev–Trinajstić information content (AvgIpc) is 2.47. The minimum Gasteiger partial charge on any atom is -0.478 e. The van der Waals surface area contributed by atoms with Crippen LogP contribution in [0.5, 0.6) is 0 Å². The Kier molecular flexibility index (Phi) is 4.89. The third-order valence-electron chi connectivity index (χ3n) is 4.12. The topological polar surface area (TPSA) is 69.6 Å². The highest BCUT2D eigenvalue weighted by Crippen LogP contribution is 2.36. The Morgan fingerprint density at radius 1 is 1.30 bits per heavy atom. The third-order valence-corrected chi connectivity index (χ3v) is 4.35. The lowest BCUT2D eigenvalue weighted by Crippen LogP contribution is -2.35. The SMILES string of the molecule is O=C(O)c1cc(Cl)ccc1NCC1(CO)CCCCC1. The molecule has 1 saturated carbocycles. The largest absolute Gasteiger partial charge is 0.478 e. The highest BCUT2D eigenvalue weighted by Gasteiger charge is 2.31. The number of nitrogens with one attached hydrogen (secondary N) is 1. The van der Waals surface area contributed by atoms with Crippen LogP contribution in [-0.2, 0) is 0 Å². The maximum Gasteiger partial charge on any atom is 0.337 e. The molecular weight excluding hydrogens is 278 g/mol. The molecule has 0 atom stereocenters. The van der Waals surface area contributed by atoms with Crippen LogP contribution >= 0.6 is 11.6 Å². The fourth-order valence-electron chi connectivity index (χ4n) is 2.82. The van der Waals surface area contributed by atoms with Crippen molar-refractivity contribution in [3.05, 3.63) is 28.8 Å². The second-order valence-corrected chi connectivity index (χ2v) is 6.00. The first-order chi connectivity index (χ1) is 9.56. The molecule has 2 rings (SSSR count). The fourth-order valence-corrected chi connectivity index (χ4v) is 2.99. The predicted octanol–water partition coefficient (Wildman–Crippen LogP) is 3.39. The zero-order valence-electron chi connectivity index (χ0n) is 11.4. The highest BCUT2D eigenvalue weighted by atomic mass is 35.5. The second-order valence-electron chi connectivity index (χ2n) is 5.57. The van der Waals surface area contributed by atoms with Gasteiger partial charge in [0.25, 0.3) is 0 Å². The predicted molar refractivity (Wildman–Crippen MR) is 79.5 cm³/mol. The summed E-state index contributed by atoms with van der Waals surface area (Å²) in [5.41, 5.74) is 0.593. The number of hydrogen-bond acceptors (Lipinski definition) is 3. The van der Waals surface area contributed by atoms with Gasteiger partial charge in [0, 0.05) is 22.7 Å².